The van der Waals surface area contributed by atoms with Crippen molar-refractivity contribution in [2.24, 2.45) is 17.6 Å². The lowest BCUT2D eigenvalue weighted by molar-refractivity contribution is -0.138. The molecule has 5 rings (SSSR count). The van der Waals surface area contributed by atoms with E-state index in [1.165, 1.54) is 18.3 Å². The number of halogens is 3. The van der Waals surface area contributed by atoms with E-state index in [9.17, 15) is 22.8 Å². The number of primary amides is 1. The van der Waals surface area contributed by atoms with Crippen LogP contribution in [-0.2, 0) is 22.9 Å². The van der Waals surface area contributed by atoms with Gasteiger partial charge in [0.2, 0.25) is 0 Å². The highest BCUT2D eigenvalue weighted by molar-refractivity contribution is 5.91. The van der Waals surface area contributed by atoms with Gasteiger partial charge in [-0.2, -0.15) is 23.0 Å². The second-order valence-electron chi connectivity index (χ2n) is 10.5. The summed E-state index contributed by atoms with van der Waals surface area (Å²) >= 11 is 0. The lowest BCUT2D eigenvalue weighted by atomic mass is 9.75. The molecule has 2 unspecified atom stereocenters. The number of fused-ring (bicyclic) bond motifs is 1. The van der Waals surface area contributed by atoms with Gasteiger partial charge >= 0.3 is 12.2 Å². The average Bonchev–Trinajstić information content (AvgIpc) is 3.54. The van der Waals surface area contributed by atoms with E-state index in [0.29, 0.717) is 57.8 Å². The number of rotatable bonds is 4. The van der Waals surface area contributed by atoms with Gasteiger partial charge in [0.15, 0.2) is 5.69 Å². The highest BCUT2D eigenvalue weighted by atomic mass is 19.4. The molecule has 0 bridgehead atoms. The number of carbonyl (C=O) groups is 2. The predicted octanol–water partition coefficient (Wildman–Crippen LogP) is 3.10. The van der Waals surface area contributed by atoms with E-state index in [-0.39, 0.29) is 41.1 Å². The summed E-state index contributed by atoms with van der Waals surface area (Å²) in [6.45, 7) is 5.58. The molecule has 36 heavy (non-hydrogen) atoms. The lowest BCUT2D eigenvalue weighted by Gasteiger charge is -2.35. The molecule has 8 nitrogen and oxygen atoms in total. The van der Waals surface area contributed by atoms with Crippen molar-refractivity contribution in [3.63, 3.8) is 0 Å². The molecular weight excluding hydrogens is 475 g/mol. The zero-order valence-electron chi connectivity index (χ0n) is 20.1. The van der Waals surface area contributed by atoms with Gasteiger partial charge in [-0.05, 0) is 53.4 Å². The molecular formula is C25H30F3N5O3. The Hall–Kier alpha value is -2.92. The van der Waals surface area contributed by atoms with Crippen molar-refractivity contribution in [1.29, 1.82) is 0 Å². The molecule has 3 saturated heterocycles. The molecule has 3 aliphatic rings. The van der Waals surface area contributed by atoms with Gasteiger partial charge in [0.1, 0.15) is 0 Å². The Morgan fingerprint density at radius 3 is 2.36 bits per heavy atom. The van der Waals surface area contributed by atoms with Crippen molar-refractivity contribution in [2.75, 3.05) is 39.4 Å². The van der Waals surface area contributed by atoms with Crippen molar-refractivity contribution in [1.82, 2.24) is 19.6 Å². The van der Waals surface area contributed by atoms with Gasteiger partial charge in [-0.3, -0.25) is 9.69 Å². The molecule has 194 valence electrons. The average molecular weight is 506 g/mol. The number of hydrogen-bond donors (Lipinski definition) is 1. The third-order valence-electron chi connectivity index (χ3n) is 7.97. The monoisotopic (exact) mass is 505 g/mol. The van der Waals surface area contributed by atoms with Gasteiger partial charge in [-0.25, -0.2) is 4.79 Å². The van der Waals surface area contributed by atoms with Gasteiger partial charge in [0, 0.05) is 52.1 Å². The van der Waals surface area contributed by atoms with E-state index in [4.69, 9.17) is 10.5 Å². The number of amides is 2. The molecule has 0 aliphatic carbocycles. The third-order valence-corrected chi connectivity index (χ3v) is 7.97. The van der Waals surface area contributed by atoms with Crippen LogP contribution in [0.4, 0.5) is 18.0 Å². The largest absolute Gasteiger partial charge is 0.416 e. The smallest absolute Gasteiger partial charge is 0.381 e. The quantitative estimate of drug-likeness (QED) is 0.689. The summed E-state index contributed by atoms with van der Waals surface area (Å²) in [4.78, 5) is 27.7. The molecule has 0 saturated carbocycles. The molecule has 2 aromatic rings. The fraction of sp³-hybridized carbons (Fsp3) is 0.560. The first-order valence-electron chi connectivity index (χ1n) is 12.2. The van der Waals surface area contributed by atoms with Crippen LogP contribution in [0.1, 0.15) is 46.9 Å². The first kappa shape index (κ1) is 24.8. The van der Waals surface area contributed by atoms with Gasteiger partial charge in [0.05, 0.1) is 5.56 Å². The van der Waals surface area contributed by atoms with Crippen LogP contribution >= 0.6 is 0 Å². The molecule has 4 heterocycles. The van der Waals surface area contributed by atoms with E-state index in [1.807, 2.05) is 13.0 Å². The van der Waals surface area contributed by atoms with Gasteiger partial charge in [-0.15, -0.1) is 0 Å². The molecule has 1 aromatic carbocycles. The van der Waals surface area contributed by atoms with Crippen molar-refractivity contribution in [3.05, 3.63) is 52.8 Å². The van der Waals surface area contributed by atoms with E-state index in [2.05, 4.69) is 10.00 Å². The number of ether oxygens (including phenoxy) is 1. The van der Waals surface area contributed by atoms with Crippen LogP contribution in [0.5, 0.6) is 0 Å². The molecule has 11 heteroatoms. The normalized spacial score (nSPS) is 24.2. The summed E-state index contributed by atoms with van der Waals surface area (Å²) in [5.41, 5.74) is 5.34. The Morgan fingerprint density at radius 2 is 1.78 bits per heavy atom. The van der Waals surface area contributed by atoms with Crippen LogP contribution in [0, 0.1) is 11.8 Å². The minimum absolute atomic E-state index is 0.0196. The highest BCUT2D eigenvalue weighted by Crippen LogP contribution is 2.40. The summed E-state index contributed by atoms with van der Waals surface area (Å²) in [6, 6.07) is 5.88. The SMILES string of the molecule is CC1(c2ccc(CN3CC4CN(C(=O)n5ccc(C(N)=O)n5)CC4C3)c(C(F)(F)F)c2)CCOCC1. The second kappa shape index (κ2) is 9.19. The summed E-state index contributed by atoms with van der Waals surface area (Å²) in [6.07, 6.45) is -1.61. The lowest BCUT2D eigenvalue weighted by Crippen LogP contribution is -2.36. The predicted molar refractivity (Wildman–Crippen MR) is 124 cm³/mol. The van der Waals surface area contributed by atoms with Crippen molar-refractivity contribution in [2.45, 2.75) is 37.9 Å². The second-order valence-corrected chi connectivity index (χ2v) is 10.5. The molecule has 0 radical (unpaired) electrons. The Labute approximate surface area is 207 Å². The number of likely N-dealkylation sites (tertiary alicyclic amines) is 2. The Balaban J connectivity index is 1.25. The standard InChI is InChI=1S/C25H30F3N5O3/c1-24(5-8-36-9-6-24)19-3-2-16(20(10-19)25(26,27)28)11-31-12-17-14-32(15-18(17)13-31)23(35)33-7-4-21(30-33)22(29)34/h2-4,7,10,17-18H,5-6,8-9,11-15H2,1H3,(H2,29,34). The van der Waals surface area contributed by atoms with Crippen LogP contribution < -0.4 is 5.73 Å². The minimum Gasteiger partial charge on any atom is -0.381 e. The van der Waals surface area contributed by atoms with Crippen molar-refractivity contribution < 1.29 is 27.5 Å². The highest BCUT2D eigenvalue weighted by Gasteiger charge is 2.43. The Kier molecular flexibility index (Phi) is 6.32. The maximum absolute atomic E-state index is 14.1. The molecule has 0 spiro atoms. The third kappa shape index (κ3) is 4.73. The van der Waals surface area contributed by atoms with Gasteiger partial charge in [0.25, 0.3) is 5.91 Å². The fourth-order valence-electron chi connectivity index (χ4n) is 5.79. The number of aromatic nitrogens is 2. The van der Waals surface area contributed by atoms with Crippen LogP contribution in [-0.4, -0.2) is 70.9 Å². The molecule has 2 amide bonds. The van der Waals surface area contributed by atoms with Crippen LogP contribution in [0.25, 0.3) is 0 Å². The molecule has 3 fully saturated rings. The first-order chi connectivity index (χ1) is 17.0. The molecule has 3 aliphatic heterocycles. The van der Waals surface area contributed by atoms with E-state index >= 15 is 0 Å². The van der Waals surface area contributed by atoms with Crippen LogP contribution in [0.15, 0.2) is 30.5 Å². The maximum atomic E-state index is 14.1. The van der Waals surface area contributed by atoms with E-state index in [0.717, 1.165) is 4.68 Å². The number of carbonyl (C=O) groups excluding carboxylic acids is 2. The first-order valence-corrected chi connectivity index (χ1v) is 12.2. The number of nitrogens with zero attached hydrogens (tertiary/aromatic N) is 4. The van der Waals surface area contributed by atoms with Gasteiger partial charge < -0.3 is 15.4 Å². The molecule has 2 atom stereocenters. The van der Waals surface area contributed by atoms with Crippen LogP contribution in [0.2, 0.25) is 0 Å². The van der Waals surface area contributed by atoms with Crippen LogP contribution in [0.3, 0.4) is 0 Å². The topological polar surface area (TPSA) is 93.7 Å². The Morgan fingerprint density at radius 1 is 1.11 bits per heavy atom. The number of hydrogen-bond acceptors (Lipinski definition) is 5. The fourth-order valence-corrected chi connectivity index (χ4v) is 5.79. The summed E-state index contributed by atoms with van der Waals surface area (Å²) in [5.74, 6) is -0.353. The van der Waals surface area contributed by atoms with E-state index in [1.54, 1.807) is 11.0 Å². The van der Waals surface area contributed by atoms with E-state index < -0.39 is 17.6 Å². The summed E-state index contributed by atoms with van der Waals surface area (Å²) < 4.78 is 48.7. The minimum atomic E-state index is -4.43. The molecule has 2 N–H and O–H groups in total. The summed E-state index contributed by atoms with van der Waals surface area (Å²) in [5, 5.41) is 3.92. The summed E-state index contributed by atoms with van der Waals surface area (Å²) in [7, 11) is 0. The number of nitrogens with two attached hydrogens (primary N) is 1. The molecule has 1 aromatic heterocycles. The number of alkyl halides is 3. The zero-order chi connectivity index (χ0) is 25.7. The van der Waals surface area contributed by atoms with Gasteiger partial charge in [-0.1, -0.05) is 19.1 Å². The van der Waals surface area contributed by atoms with Crippen molar-refractivity contribution in [3.8, 4) is 0 Å². The zero-order valence-corrected chi connectivity index (χ0v) is 20.1. The Bertz CT molecular complexity index is 1140. The maximum Gasteiger partial charge on any atom is 0.416 e. The number of benzene rings is 1. The van der Waals surface area contributed by atoms with Crippen molar-refractivity contribution >= 4 is 11.9 Å².